The number of carboxylic acids is 2. The van der Waals surface area contributed by atoms with Gasteiger partial charge in [-0.25, -0.2) is 4.79 Å². The molecule has 0 aliphatic rings. The molecule has 0 saturated carbocycles. The van der Waals surface area contributed by atoms with Gasteiger partial charge in [-0.15, -0.1) is 0 Å². The summed E-state index contributed by atoms with van der Waals surface area (Å²) in [6.45, 7) is 0. The van der Waals surface area contributed by atoms with E-state index in [-0.39, 0.29) is 5.56 Å². The summed E-state index contributed by atoms with van der Waals surface area (Å²) in [6.07, 6.45) is -0.965. The van der Waals surface area contributed by atoms with Crippen LogP contribution in [0.1, 0.15) is 23.2 Å². The van der Waals surface area contributed by atoms with Crippen LogP contribution in [-0.4, -0.2) is 40.5 Å². The molecular weight excluding hydrogens is 264 g/mol. The van der Waals surface area contributed by atoms with Crippen LogP contribution in [0.5, 0.6) is 0 Å². The molecule has 5 N–H and O–H groups in total. The average Bonchev–Trinajstić information content (AvgIpc) is 2.43. The summed E-state index contributed by atoms with van der Waals surface area (Å²) in [5, 5.41) is 20.6. The number of ketones is 1. The summed E-state index contributed by atoms with van der Waals surface area (Å²) in [7, 11) is 1.70. The van der Waals surface area contributed by atoms with Gasteiger partial charge in [0.15, 0.2) is 11.3 Å². The molecule has 7 heteroatoms. The van der Waals surface area contributed by atoms with Crippen molar-refractivity contribution in [1.29, 1.82) is 0 Å². The fourth-order valence-electron chi connectivity index (χ4n) is 1.67. The van der Waals surface area contributed by atoms with Gasteiger partial charge in [0, 0.05) is 24.7 Å². The Bertz CT molecular complexity index is 526. The highest BCUT2D eigenvalue weighted by Crippen LogP contribution is 2.19. The summed E-state index contributed by atoms with van der Waals surface area (Å²) in [5.41, 5.74) is 4.25. The Morgan fingerprint density at radius 1 is 1.20 bits per heavy atom. The molecule has 0 fully saturated rings. The van der Waals surface area contributed by atoms with Crippen molar-refractivity contribution in [3.05, 3.63) is 29.8 Å². The number of carbonyl (C=O) groups excluding carboxylic acids is 1. The first-order valence-electron chi connectivity index (χ1n) is 5.88. The van der Waals surface area contributed by atoms with Crippen molar-refractivity contribution < 1.29 is 24.6 Å². The van der Waals surface area contributed by atoms with E-state index >= 15 is 0 Å². The maximum atomic E-state index is 12.2. The lowest BCUT2D eigenvalue weighted by Crippen LogP contribution is -2.55. The van der Waals surface area contributed by atoms with Crippen LogP contribution in [0, 0.1) is 0 Å². The monoisotopic (exact) mass is 280 g/mol. The molecule has 1 aromatic rings. The van der Waals surface area contributed by atoms with E-state index < -0.39 is 36.1 Å². The third-order valence-corrected chi connectivity index (χ3v) is 2.96. The van der Waals surface area contributed by atoms with E-state index in [4.69, 9.17) is 15.9 Å². The normalized spacial score (nSPS) is 13.3. The van der Waals surface area contributed by atoms with Gasteiger partial charge in [-0.3, -0.25) is 9.59 Å². The van der Waals surface area contributed by atoms with Gasteiger partial charge >= 0.3 is 11.9 Å². The number of carbonyl (C=O) groups is 3. The van der Waals surface area contributed by atoms with E-state index in [2.05, 4.69) is 5.32 Å². The van der Waals surface area contributed by atoms with E-state index in [1.807, 2.05) is 0 Å². The summed E-state index contributed by atoms with van der Waals surface area (Å²) < 4.78 is 0. The summed E-state index contributed by atoms with van der Waals surface area (Å²) in [5.74, 6) is -3.56. The molecule has 20 heavy (non-hydrogen) atoms. The molecule has 0 saturated heterocycles. The van der Waals surface area contributed by atoms with Crippen molar-refractivity contribution in [3.63, 3.8) is 0 Å². The van der Waals surface area contributed by atoms with Gasteiger partial charge in [-0.05, 0) is 30.7 Å². The smallest absolute Gasteiger partial charge is 0.331 e. The van der Waals surface area contributed by atoms with Crippen LogP contribution in [0.3, 0.4) is 0 Å². The number of nitrogens with two attached hydrogens (primary N) is 1. The van der Waals surface area contributed by atoms with Gasteiger partial charge < -0.3 is 21.3 Å². The predicted octanol–water partition coefficient (Wildman–Crippen LogP) is 0.558. The SMILES string of the molecule is CNc1ccc(C(=O)[C@](N)(CCC(=O)O)C(=O)O)cc1. The topological polar surface area (TPSA) is 130 Å². The van der Waals surface area contributed by atoms with Gasteiger partial charge in [-0.2, -0.15) is 0 Å². The lowest BCUT2D eigenvalue weighted by molar-refractivity contribution is -0.142. The number of benzene rings is 1. The highest BCUT2D eigenvalue weighted by atomic mass is 16.4. The molecule has 0 amide bonds. The average molecular weight is 280 g/mol. The summed E-state index contributed by atoms with van der Waals surface area (Å²) >= 11 is 0. The van der Waals surface area contributed by atoms with Gasteiger partial charge in [0.05, 0.1) is 0 Å². The molecule has 0 spiro atoms. The molecule has 0 heterocycles. The number of anilines is 1. The molecule has 1 rings (SSSR count). The predicted molar refractivity (Wildman–Crippen MR) is 71.7 cm³/mol. The van der Waals surface area contributed by atoms with Crippen LogP contribution < -0.4 is 11.1 Å². The Balaban J connectivity index is 3.03. The van der Waals surface area contributed by atoms with Gasteiger partial charge in [0.25, 0.3) is 0 Å². The first-order valence-corrected chi connectivity index (χ1v) is 5.88. The van der Waals surface area contributed by atoms with E-state index in [1.54, 1.807) is 19.2 Å². The zero-order chi connectivity index (χ0) is 15.3. The van der Waals surface area contributed by atoms with Crippen LogP contribution >= 0.6 is 0 Å². The first-order chi connectivity index (χ1) is 9.31. The minimum absolute atomic E-state index is 0.124. The van der Waals surface area contributed by atoms with Gasteiger partial charge in [0.2, 0.25) is 0 Å². The molecule has 0 aliphatic heterocycles. The fraction of sp³-hybridized carbons (Fsp3) is 0.308. The molecule has 0 unspecified atom stereocenters. The number of aliphatic carboxylic acids is 2. The first kappa shape index (κ1) is 15.6. The summed E-state index contributed by atoms with van der Waals surface area (Å²) in [4.78, 5) is 34.0. The summed E-state index contributed by atoms with van der Waals surface area (Å²) in [6, 6.07) is 6.10. The molecule has 0 bridgehead atoms. The Morgan fingerprint density at radius 2 is 1.75 bits per heavy atom. The second kappa shape index (κ2) is 6.16. The molecule has 0 aliphatic carbocycles. The van der Waals surface area contributed by atoms with Crippen LogP contribution in [0.4, 0.5) is 5.69 Å². The minimum Gasteiger partial charge on any atom is -0.481 e. The van der Waals surface area contributed by atoms with Gasteiger partial charge in [0.1, 0.15) is 0 Å². The maximum absolute atomic E-state index is 12.2. The molecule has 1 atom stereocenters. The minimum atomic E-state index is -2.24. The standard InChI is InChI=1S/C13H16N2O5/c1-15-9-4-2-8(3-5-9)11(18)13(14,12(19)20)7-6-10(16)17/h2-5,15H,6-7,14H2,1H3,(H,16,17)(H,19,20)/t13-/m1/s1. The van der Waals surface area contributed by atoms with Crippen molar-refractivity contribution in [1.82, 2.24) is 0 Å². The van der Waals surface area contributed by atoms with E-state index in [1.165, 1.54) is 12.1 Å². The van der Waals surface area contributed by atoms with Crippen LogP contribution in [0.25, 0.3) is 0 Å². The highest BCUT2D eigenvalue weighted by molar-refractivity contribution is 6.16. The van der Waals surface area contributed by atoms with Crippen LogP contribution in [-0.2, 0) is 9.59 Å². The zero-order valence-corrected chi connectivity index (χ0v) is 10.9. The molecule has 108 valence electrons. The second-order valence-electron chi connectivity index (χ2n) is 4.33. The van der Waals surface area contributed by atoms with Crippen molar-refractivity contribution in [2.75, 3.05) is 12.4 Å². The van der Waals surface area contributed by atoms with Crippen molar-refractivity contribution >= 4 is 23.4 Å². The fourth-order valence-corrected chi connectivity index (χ4v) is 1.67. The largest absolute Gasteiger partial charge is 0.481 e. The highest BCUT2D eigenvalue weighted by Gasteiger charge is 2.42. The van der Waals surface area contributed by atoms with Crippen molar-refractivity contribution in [2.24, 2.45) is 5.73 Å². The molecule has 0 radical (unpaired) electrons. The number of Topliss-reactive ketones (excluding diaryl/α,β-unsaturated/α-hetero) is 1. The van der Waals surface area contributed by atoms with E-state index in [0.717, 1.165) is 5.69 Å². The molecule has 7 nitrogen and oxygen atoms in total. The van der Waals surface area contributed by atoms with Crippen molar-refractivity contribution in [3.8, 4) is 0 Å². The Kier molecular flexibility index (Phi) is 4.82. The third kappa shape index (κ3) is 3.33. The number of nitrogens with one attached hydrogen (secondary N) is 1. The number of hydrogen-bond acceptors (Lipinski definition) is 5. The maximum Gasteiger partial charge on any atom is 0.331 e. The quantitative estimate of drug-likeness (QED) is 0.424. The lowest BCUT2D eigenvalue weighted by atomic mass is 9.86. The van der Waals surface area contributed by atoms with E-state index in [9.17, 15) is 14.4 Å². The Hall–Kier alpha value is -2.41. The number of hydrogen-bond donors (Lipinski definition) is 4. The van der Waals surface area contributed by atoms with Gasteiger partial charge in [-0.1, -0.05) is 0 Å². The molecule has 1 aromatic carbocycles. The van der Waals surface area contributed by atoms with Crippen LogP contribution in [0.15, 0.2) is 24.3 Å². The molecule has 0 aromatic heterocycles. The number of rotatable bonds is 7. The van der Waals surface area contributed by atoms with E-state index in [0.29, 0.717) is 0 Å². The zero-order valence-electron chi connectivity index (χ0n) is 10.9. The second-order valence-corrected chi connectivity index (χ2v) is 4.33. The van der Waals surface area contributed by atoms with Crippen LogP contribution in [0.2, 0.25) is 0 Å². The lowest BCUT2D eigenvalue weighted by Gasteiger charge is -2.22. The Labute approximate surface area is 115 Å². The Morgan fingerprint density at radius 3 is 2.15 bits per heavy atom. The van der Waals surface area contributed by atoms with Crippen molar-refractivity contribution in [2.45, 2.75) is 18.4 Å². The third-order valence-electron chi connectivity index (χ3n) is 2.96. The molecular formula is C13H16N2O5. The number of carboxylic acid groups (broad SMARTS) is 2.